The Morgan fingerprint density at radius 3 is 2.67 bits per heavy atom. The maximum Gasteiger partial charge on any atom is 0.339 e. The minimum atomic E-state index is -0.439. The van der Waals surface area contributed by atoms with Crippen LogP contribution in [0.4, 0.5) is 0 Å². The van der Waals surface area contributed by atoms with Crippen molar-refractivity contribution in [1.82, 2.24) is 15.2 Å². The van der Waals surface area contributed by atoms with Crippen LogP contribution in [-0.2, 0) is 20.7 Å². The van der Waals surface area contributed by atoms with E-state index in [0.717, 1.165) is 22.4 Å². The van der Waals surface area contributed by atoms with E-state index in [2.05, 4.69) is 10.3 Å². The van der Waals surface area contributed by atoms with Gasteiger partial charge in [-0.3, -0.25) is 14.6 Å². The fourth-order valence-corrected chi connectivity index (χ4v) is 4.78. The lowest BCUT2D eigenvalue weighted by atomic mass is 9.99. The fourth-order valence-electron chi connectivity index (χ4n) is 4.78. The zero-order chi connectivity index (χ0) is 25.1. The predicted molar refractivity (Wildman–Crippen MR) is 133 cm³/mol. The highest BCUT2D eigenvalue weighted by Crippen LogP contribution is 2.38. The molecule has 5 rings (SSSR count). The number of hydrogen-bond donors (Lipinski definition) is 1. The number of carbonyl (C=O) groups is 3. The molecule has 3 heterocycles. The molecule has 2 aliphatic rings. The van der Waals surface area contributed by atoms with Crippen molar-refractivity contribution in [3.8, 4) is 17.0 Å². The number of benzene rings is 2. The smallest absolute Gasteiger partial charge is 0.339 e. The molecule has 1 aromatic heterocycles. The number of para-hydroxylation sites is 1. The van der Waals surface area contributed by atoms with Crippen molar-refractivity contribution in [3.05, 3.63) is 83.6 Å². The van der Waals surface area contributed by atoms with Gasteiger partial charge in [-0.25, -0.2) is 4.79 Å². The van der Waals surface area contributed by atoms with Crippen LogP contribution in [0.5, 0.6) is 5.75 Å². The first-order valence-corrected chi connectivity index (χ1v) is 11.9. The van der Waals surface area contributed by atoms with Gasteiger partial charge in [-0.2, -0.15) is 0 Å². The number of fused-ring (bicyclic) bond motifs is 1. The number of hydrogen-bond acceptors (Lipinski definition) is 6. The summed E-state index contributed by atoms with van der Waals surface area (Å²) in [5.74, 6) is 0.213. The minimum Gasteiger partial charge on any atom is -0.487 e. The first kappa shape index (κ1) is 23.5. The largest absolute Gasteiger partial charge is 0.487 e. The van der Waals surface area contributed by atoms with Crippen molar-refractivity contribution in [2.24, 2.45) is 0 Å². The first-order valence-electron chi connectivity index (χ1n) is 11.9. The number of nitrogens with zero attached hydrogens (tertiary/aromatic N) is 2. The molecule has 3 aromatic rings. The van der Waals surface area contributed by atoms with Crippen molar-refractivity contribution in [3.63, 3.8) is 0 Å². The van der Waals surface area contributed by atoms with Gasteiger partial charge in [-0.15, -0.1) is 0 Å². The van der Waals surface area contributed by atoms with E-state index in [1.54, 1.807) is 17.0 Å². The van der Waals surface area contributed by atoms with Crippen molar-refractivity contribution in [2.75, 3.05) is 26.7 Å². The Balaban J connectivity index is 1.16. The SMILES string of the molecule is COC(=O)c1ccc(-c2cccc3c2O[C@@H](CNC(=O)CN2C[C@@H](c4ccccc4)CC2=O)C3)nc1. The lowest BCUT2D eigenvalue weighted by molar-refractivity contribution is -0.133. The van der Waals surface area contributed by atoms with Crippen molar-refractivity contribution >= 4 is 17.8 Å². The van der Waals surface area contributed by atoms with Gasteiger partial charge in [0.15, 0.2) is 0 Å². The summed E-state index contributed by atoms with van der Waals surface area (Å²) in [7, 11) is 1.33. The maximum atomic E-state index is 12.6. The summed E-state index contributed by atoms with van der Waals surface area (Å²) in [4.78, 5) is 42.8. The zero-order valence-corrected chi connectivity index (χ0v) is 20.0. The van der Waals surface area contributed by atoms with E-state index in [-0.39, 0.29) is 30.4 Å². The van der Waals surface area contributed by atoms with Crippen LogP contribution in [0, 0.1) is 0 Å². The van der Waals surface area contributed by atoms with Gasteiger partial charge in [0.25, 0.3) is 0 Å². The first-order chi connectivity index (χ1) is 17.5. The number of methoxy groups -OCH3 is 1. The Morgan fingerprint density at radius 1 is 1.08 bits per heavy atom. The summed E-state index contributed by atoms with van der Waals surface area (Å²) in [6.45, 7) is 0.933. The van der Waals surface area contributed by atoms with Crippen molar-refractivity contribution in [1.29, 1.82) is 0 Å². The van der Waals surface area contributed by atoms with Crippen LogP contribution in [0.3, 0.4) is 0 Å². The van der Waals surface area contributed by atoms with E-state index in [4.69, 9.17) is 9.47 Å². The van der Waals surface area contributed by atoms with Crippen LogP contribution in [0.1, 0.15) is 33.8 Å². The number of ether oxygens (including phenoxy) is 2. The normalized spacial score (nSPS) is 18.5. The second-order valence-electron chi connectivity index (χ2n) is 9.05. The molecule has 2 amide bonds. The molecule has 1 fully saturated rings. The number of pyridine rings is 1. The molecule has 0 bridgehead atoms. The number of carbonyl (C=O) groups excluding carboxylic acids is 3. The Morgan fingerprint density at radius 2 is 1.92 bits per heavy atom. The predicted octanol–water partition coefficient (Wildman–Crippen LogP) is 2.97. The van der Waals surface area contributed by atoms with Crippen LogP contribution in [0.25, 0.3) is 11.3 Å². The molecule has 8 nitrogen and oxygen atoms in total. The van der Waals surface area contributed by atoms with Crippen LogP contribution in [0.15, 0.2) is 66.9 Å². The van der Waals surface area contributed by atoms with Crippen LogP contribution in [-0.4, -0.2) is 60.5 Å². The van der Waals surface area contributed by atoms with Gasteiger partial charge in [0.2, 0.25) is 11.8 Å². The van der Waals surface area contributed by atoms with Crippen LogP contribution >= 0.6 is 0 Å². The summed E-state index contributed by atoms with van der Waals surface area (Å²) in [6, 6.07) is 19.2. The Labute approximate surface area is 209 Å². The highest BCUT2D eigenvalue weighted by atomic mass is 16.5. The molecular weight excluding hydrogens is 458 g/mol. The third-order valence-corrected chi connectivity index (χ3v) is 6.64. The molecule has 2 atom stereocenters. The van der Waals surface area contributed by atoms with E-state index >= 15 is 0 Å². The molecule has 2 aromatic carbocycles. The average molecular weight is 486 g/mol. The van der Waals surface area contributed by atoms with E-state index in [9.17, 15) is 14.4 Å². The quantitative estimate of drug-likeness (QED) is 0.517. The van der Waals surface area contributed by atoms with Crippen LogP contribution in [0.2, 0.25) is 0 Å². The van der Waals surface area contributed by atoms with Crippen molar-refractivity contribution < 1.29 is 23.9 Å². The number of nitrogens with one attached hydrogen (secondary N) is 1. The van der Waals surface area contributed by atoms with Gasteiger partial charge in [0.1, 0.15) is 11.9 Å². The lowest BCUT2D eigenvalue weighted by Crippen LogP contribution is -2.41. The topological polar surface area (TPSA) is 97.8 Å². The monoisotopic (exact) mass is 485 g/mol. The Hall–Kier alpha value is -4.20. The highest BCUT2D eigenvalue weighted by molar-refractivity contribution is 5.89. The van der Waals surface area contributed by atoms with Gasteiger partial charge in [0, 0.05) is 37.1 Å². The molecule has 36 heavy (non-hydrogen) atoms. The van der Waals surface area contributed by atoms with E-state index in [1.165, 1.54) is 13.3 Å². The third-order valence-electron chi connectivity index (χ3n) is 6.64. The van der Waals surface area contributed by atoms with E-state index in [1.807, 2.05) is 48.5 Å². The van der Waals surface area contributed by atoms with Gasteiger partial charge < -0.3 is 19.7 Å². The molecule has 184 valence electrons. The lowest BCUT2D eigenvalue weighted by Gasteiger charge is -2.18. The minimum absolute atomic E-state index is 0.00103. The molecule has 0 aliphatic carbocycles. The summed E-state index contributed by atoms with van der Waals surface area (Å²) in [5.41, 5.74) is 4.04. The average Bonchev–Trinajstić information content (AvgIpc) is 3.50. The summed E-state index contributed by atoms with van der Waals surface area (Å²) < 4.78 is 10.9. The molecule has 8 heteroatoms. The molecule has 0 radical (unpaired) electrons. The summed E-state index contributed by atoms with van der Waals surface area (Å²) >= 11 is 0. The zero-order valence-electron chi connectivity index (χ0n) is 20.0. The van der Waals surface area contributed by atoms with E-state index in [0.29, 0.717) is 37.2 Å². The molecule has 1 N–H and O–H groups in total. The molecular formula is C28H27N3O5. The molecule has 0 saturated carbocycles. The fraction of sp³-hybridized carbons (Fsp3) is 0.286. The van der Waals surface area contributed by atoms with Crippen molar-refractivity contribution in [2.45, 2.75) is 24.9 Å². The highest BCUT2D eigenvalue weighted by Gasteiger charge is 2.32. The van der Waals surface area contributed by atoms with Gasteiger partial charge >= 0.3 is 5.97 Å². The van der Waals surface area contributed by atoms with Crippen LogP contribution < -0.4 is 10.1 Å². The third kappa shape index (κ3) is 4.93. The van der Waals surface area contributed by atoms with Gasteiger partial charge in [0.05, 0.1) is 31.5 Å². The number of aromatic nitrogens is 1. The second-order valence-corrected chi connectivity index (χ2v) is 9.05. The summed E-state index contributed by atoms with van der Waals surface area (Å²) in [6.07, 6.45) is 2.35. The molecule has 2 aliphatic heterocycles. The summed E-state index contributed by atoms with van der Waals surface area (Å²) in [5, 5.41) is 2.92. The van der Waals surface area contributed by atoms with Gasteiger partial charge in [-0.1, -0.05) is 42.5 Å². The molecule has 0 spiro atoms. The van der Waals surface area contributed by atoms with E-state index < -0.39 is 5.97 Å². The molecule has 0 unspecified atom stereocenters. The second kappa shape index (κ2) is 10.2. The molecule has 1 saturated heterocycles. The Bertz CT molecular complexity index is 1280. The number of amides is 2. The number of esters is 1. The standard InChI is InChI=1S/C28H27N3O5/c1-35-28(34)20-10-11-24(29-14-20)23-9-5-8-19-12-22(36-27(19)23)15-30-25(32)17-31-16-21(13-26(31)33)18-6-3-2-4-7-18/h2-11,14,21-22H,12-13,15-17H2,1H3,(H,30,32)/t21-,22+/m0/s1. The van der Waals surface area contributed by atoms with Gasteiger partial charge in [-0.05, 0) is 29.3 Å². The number of likely N-dealkylation sites (tertiary alicyclic amines) is 1. The maximum absolute atomic E-state index is 12.6. The Kier molecular flexibility index (Phi) is 6.66. The number of rotatable bonds is 7.